The highest BCUT2D eigenvalue weighted by Crippen LogP contribution is 2.16. The van der Waals surface area contributed by atoms with E-state index in [0.29, 0.717) is 24.4 Å². The molecule has 0 aromatic heterocycles. The molecule has 0 fully saturated rings. The lowest BCUT2D eigenvalue weighted by Crippen LogP contribution is -1.93. The predicted octanol–water partition coefficient (Wildman–Crippen LogP) is 26.7. The molecule has 0 heterocycles. The number of allylic oxidation sites excluding steroid dienone is 8. The number of aliphatic carboxylic acids is 2. The van der Waals surface area contributed by atoms with E-state index >= 15 is 0 Å². The lowest BCUT2D eigenvalue weighted by Gasteiger charge is -2.03. The maximum atomic E-state index is 10.8. The Bertz CT molecular complexity index is 1230. The van der Waals surface area contributed by atoms with Gasteiger partial charge < -0.3 is 19.8 Å². The second-order valence-electron chi connectivity index (χ2n) is 23.6. The van der Waals surface area contributed by atoms with Crippen molar-refractivity contribution in [2.24, 2.45) is 0 Å². The van der Waals surface area contributed by atoms with Crippen molar-refractivity contribution >= 4 is 23.5 Å². The Morgan fingerprint density at radius 2 is 0.390 bits per heavy atom. The van der Waals surface area contributed by atoms with Gasteiger partial charge in [-0.1, -0.05) is 335 Å². The number of unbranched alkanes of at least 4 members (excludes halogenated alkanes) is 44. The molecule has 0 bridgehead atoms. The van der Waals surface area contributed by atoms with Gasteiger partial charge in [-0.15, -0.1) is 0 Å². The van der Waals surface area contributed by atoms with Gasteiger partial charge in [-0.25, -0.2) is 0 Å². The van der Waals surface area contributed by atoms with Gasteiger partial charge in [0.15, 0.2) is 0 Å². The predicted molar refractivity (Wildman–Crippen MR) is 368 cm³/mol. The second-order valence-corrected chi connectivity index (χ2v) is 23.6. The quantitative estimate of drug-likeness (QED) is 0.0464. The van der Waals surface area contributed by atoms with Crippen LogP contribution in [0.15, 0.2) is 48.6 Å². The van der Waals surface area contributed by atoms with E-state index < -0.39 is 11.9 Å². The van der Waals surface area contributed by atoms with Gasteiger partial charge in [0.25, 0.3) is 0 Å². The van der Waals surface area contributed by atoms with Crippen molar-refractivity contribution in [2.45, 2.75) is 416 Å². The number of carbonyl (C=O) groups is 4. The molecule has 0 radical (unpaired) electrons. The van der Waals surface area contributed by atoms with Crippen molar-refractivity contribution < 1.29 is 29.4 Å². The van der Waals surface area contributed by atoms with Crippen molar-refractivity contribution in [3.05, 3.63) is 48.6 Å². The van der Waals surface area contributed by atoms with Gasteiger partial charge in [0.05, 0.1) is 0 Å². The number of ketones is 2. The van der Waals surface area contributed by atoms with Crippen LogP contribution in [0.25, 0.3) is 0 Å². The molecule has 0 spiro atoms. The minimum absolute atomic E-state index is 0. The van der Waals surface area contributed by atoms with Crippen molar-refractivity contribution in [1.82, 2.24) is 0 Å². The normalized spacial score (nSPS) is 11.0. The van der Waals surface area contributed by atoms with Gasteiger partial charge in [-0.2, -0.15) is 0 Å². The topological polar surface area (TPSA) is 109 Å². The Balaban J connectivity index is -0.000000233. The van der Waals surface area contributed by atoms with E-state index in [0.717, 1.165) is 70.6 Å². The maximum Gasteiger partial charge on any atom is 0.303 e. The van der Waals surface area contributed by atoms with E-state index in [9.17, 15) is 19.2 Å². The average molecular weight is 1160 g/mol. The van der Waals surface area contributed by atoms with Crippen molar-refractivity contribution in [3.8, 4) is 0 Å². The number of rotatable bonds is 60. The number of carbonyl (C=O) groups excluding carboxylic acids is 2. The third-order valence-electron chi connectivity index (χ3n) is 14.9. The Morgan fingerprint density at radius 3 is 0.585 bits per heavy atom. The lowest BCUT2D eigenvalue weighted by atomic mass is 10.0. The zero-order chi connectivity index (χ0) is 59.6. The minimum atomic E-state index is -0.671. The van der Waals surface area contributed by atoms with E-state index in [1.807, 2.05) is 0 Å². The third-order valence-corrected chi connectivity index (χ3v) is 14.9. The molecule has 0 saturated heterocycles. The third kappa shape index (κ3) is 105. The van der Waals surface area contributed by atoms with Gasteiger partial charge in [-0.05, 0) is 104 Å². The molecule has 2 N–H and O–H groups in total. The van der Waals surface area contributed by atoms with Crippen LogP contribution < -0.4 is 0 Å². The Labute approximate surface area is 515 Å². The summed E-state index contributed by atoms with van der Waals surface area (Å²) in [6.07, 6.45) is 87.7. The fraction of sp³-hybridized carbons (Fsp3) is 0.842. The fourth-order valence-electron chi connectivity index (χ4n) is 9.67. The second kappa shape index (κ2) is 87.0. The minimum Gasteiger partial charge on any atom is -0.481 e. The van der Waals surface area contributed by atoms with Crippen LogP contribution in [0.4, 0.5) is 0 Å². The first-order valence-electron chi connectivity index (χ1n) is 35.1. The summed E-state index contributed by atoms with van der Waals surface area (Å²) in [6.45, 7) is 12.4. The van der Waals surface area contributed by atoms with Crippen LogP contribution in [0.3, 0.4) is 0 Å². The standard InChI is InChI=1S/C19H38O.C19H34O.C18H36O2.C18H32O2.2CH4/c2*1-3-4-5-6-7-8-9-10-11-12-13-14-15-16-17-18-19(2)20;2*1-2-3-4-5-6-7-8-9-10-11-12-13-14-15-16-17-18(19)20;;/h3-18H2,1-2H3;7-8,10-11H,3-6,9,12-18H2,1-2H3;2-17H2,1H3,(H,19,20);6-7,9-10H,2-5,8,11-17H2,1H3,(H,19,20);2*1H4/b;8-7+,11-10+;;7-6+,10-9+;;. The number of hydrogen-bond acceptors (Lipinski definition) is 4. The van der Waals surface area contributed by atoms with Gasteiger partial charge >= 0.3 is 11.9 Å². The van der Waals surface area contributed by atoms with E-state index in [1.165, 1.54) is 276 Å². The summed E-state index contributed by atoms with van der Waals surface area (Å²) in [4.78, 5) is 42.2. The Hall–Kier alpha value is -2.76. The molecular formula is C76H148O6. The number of carboxylic acid groups (broad SMARTS) is 2. The van der Waals surface area contributed by atoms with Crippen LogP contribution >= 0.6 is 0 Å². The summed E-state index contributed by atoms with van der Waals surface area (Å²) in [6, 6.07) is 0. The zero-order valence-electron chi connectivity index (χ0n) is 54.7. The molecule has 0 aliphatic rings. The van der Waals surface area contributed by atoms with Gasteiger partial charge in [0.1, 0.15) is 11.6 Å². The first-order valence-corrected chi connectivity index (χ1v) is 35.1. The summed E-state index contributed by atoms with van der Waals surface area (Å²) >= 11 is 0. The Morgan fingerprint density at radius 1 is 0.232 bits per heavy atom. The maximum absolute atomic E-state index is 10.8. The summed E-state index contributed by atoms with van der Waals surface area (Å²) in [5.74, 6) is -0.647. The molecule has 488 valence electrons. The molecule has 82 heavy (non-hydrogen) atoms. The molecule has 6 nitrogen and oxygen atoms in total. The summed E-state index contributed by atoms with van der Waals surface area (Å²) < 4.78 is 0. The zero-order valence-corrected chi connectivity index (χ0v) is 54.7. The largest absolute Gasteiger partial charge is 0.481 e. The van der Waals surface area contributed by atoms with Crippen LogP contribution in [0.1, 0.15) is 416 Å². The molecule has 0 rings (SSSR count). The van der Waals surface area contributed by atoms with E-state index in [2.05, 4.69) is 76.3 Å². The first-order chi connectivity index (χ1) is 39.1. The van der Waals surface area contributed by atoms with Crippen LogP contribution in [0.5, 0.6) is 0 Å². The highest BCUT2D eigenvalue weighted by molar-refractivity contribution is 5.75. The number of hydrogen-bond donors (Lipinski definition) is 2. The number of Topliss-reactive ketones (excluding diaryl/α,β-unsaturated/α-hetero) is 2. The highest BCUT2D eigenvalue weighted by Gasteiger charge is 2.00. The van der Waals surface area contributed by atoms with Crippen molar-refractivity contribution in [3.63, 3.8) is 0 Å². The van der Waals surface area contributed by atoms with Crippen LogP contribution in [0, 0.1) is 0 Å². The molecule has 0 aromatic rings. The monoisotopic (exact) mass is 1160 g/mol. The molecule has 0 aromatic carbocycles. The molecular weight excluding hydrogens is 1010 g/mol. The highest BCUT2D eigenvalue weighted by atomic mass is 16.4. The number of carboxylic acids is 2. The van der Waals surface area contributed by atoms with Crippen molar-refractivity contribution in [1.29, 1.82) is 0 Å². The van der Waals surface area contributed by atoms with E-state index in [-0.39, 0.29) is 14.9 Å². The van der Waals surface area contributed by atoms with Crippen LogP contribution in [0.2, 0.25) is 0 Å². The molecule has 0 amide bonds. The van der Waals surface area contributed by atoms with Gasteiger partial charge in [0, 0.05) is 25.7 Å². The molecule has 0 unspecified atom stereocenters. The SMILES string of the molecule is C.C.CCCCC/C=C/C/C=C/CCCCCCCC(=O)O.CCCCC/C=C/C/C=C/CCCCCCCC(C)=O.CCCCCCCCCCCCCCCCCC(=O)O.CCCCCCCCCCCCCCCCCC(C)=O. The average Bonchev–Trinajstić information content (AvgIpc) is 3.43. The molecule has 0 saturated carbocycles. The molecule has 0 aliphatic carbocycles. The molecule has 0 aliphatic heterocycles. The van der Waals surface area contributed by atoms with Crippen LogP contribution in [-0.4, -0.2) is 33.7 Å². The summed E-state index contributed by atoms with van der Waals surface area (Å²) in [5.41, 5.74) is 0. The fourth-order valence-corrected chi connectivity index (χ4v) is 9.67. The van der Waals surface area contributed by atoms with E-state index in [4.69, 9.17) is 10.2 Å². The van der Waals surface area contributed by atoms with Crippen molar-refractivity contribution in [2.75, 3.05) is 0 Å². The molecule has 6 heteroatoms. The first kappa shape index (κ1) is 90.4. The van der Waals surface area contributed by atoms with Gasteiger partial charge in [-0.3, -0.25) is 9.59 Å². The summed E-state index contributed by atoms with van der Waals surface area (Å²) in [5, 5.41) is 17.0. The lowest BCUT2D eigenvalue weighted by molar-refractivity contribution is -0.138. The van der Waals surface area contributed by atoms with E-state index in [1.54, 1.807) is 13.8 Å². The Kier molecular flexibility index (Phi) is 96.0. The van der Waals surface area contributed by atoms with Gasteiger partial charge in [0.2, 0.25) is 0 Å². The van der Waals surface area contributed by atoms with Crippen LogP contribution in [-0.2, 0) is 19.2 Å². The summed E-state index contributed by atoms with van der Waals surface area (Å²) in [7, 11) is 0. The smallest absolute Gasteiger partial charge is 0.303 e. The molecule has 0 atom stereocenters.